The lowest BCUT2D eigenvalue weighted by atomic mass is 10.1. The van der Waals surface area contributed by atoms with Crippen LogP contribution >= 0.6 is 15.9 Å². The number of ether oxygens (including phenoxy) is 1. The van der Waals surface area contributed by atoms with Gasteiger partial charge in [-0.15, -0.1) is 0 Å². The van der Waals surface area contributed by atoms with Gasteiger partial charge in [-0.25, -0.2) is 0 Å². The van der Waals surface area contributed by atoms with E-state index in [2.05, 4.69) is 15.9 Å². The number of halogens is 1. The summed E-state index contributed by atoms with van der Waals surface area (Å²) in [6.07, 6.45) is 1.33. The van der Waals surface area contributed by atoms with E-state index in [1.807, 2.05) is 18.2 Å². The standard InChI is InChI=1S/C10H11BrO2/c11-7-3-4-8-9(12)2-1-5-13-10(8)6-7/h3-4,6,9,12H,1-2,5H2/t9-/m0/s1. The summed E-state index contributed by atoms with van der Waals surface area (Å²) in [7, 11) is 0. The fourth-order valence-electron chi connectivity index (χ4n) is 1.52. The van der Waals surface area contributed by atoms with Crippen LogP contribution in [0.5, 0.6) is 5.75 Å². The van der Waals surface area contributed by atoms with Gasteiger partial charge in [-0.3, -0.25) is 0 Å². The van der Waals surface area contributed by atoms with E-state index in [4.69, 9.17) is 4.74 Å². The molecule has 0 aliphatic carbocycles. The third-order valence-corrected chi connectivity index (χ3v) is 2.71. The average molecular weight is 243 g/mol. The normalized spacial score (nSPS) is 21.5. The molecule has 1 aliphatic heterocycles. The number of benzene rings is 1. The summed E-state index contributed by atoms with van der Waals surface area (Å²) in [5.74, 6) is 0.805. The van der Waals surface area contributed by atoms with Crippen LogP contribution in [-0.2, 0) is 0 Å². The van der Waals surface area contributed by atoms with Crippen molar-refractivity contribution >= 4 is 15.9 Å². The Morgan fingerprint density at radius 3 is 3.15 bits per heavy atom. The summed E-state index contributed by atoms with van der Waals surface area (Å²) in [5.41, 5.74) is 0.903. The molecule has 0 saturated heterocycles. The zero-order chi connectivity index (χ0) is 9.26. The van der Waals surface area contributed by atoms with E-state index >= 15 is 0 Å². The number of aliphatic hydroxyl groups excluding tert-OH is 1. The first-order valence-electron chi connectivity index (χ1n) is 4.37. The number of rotatable bonds is 0. The molecule has 1 N–H and O–H groups in total. The maximum atomic E-state index is 9.74. The van der Waals surface area contributed by atoms with E-state index in [1.54, 1.807) is 0 Å². The van der Waals surface area contributed by atoms with Crippen LogP contribution in [0.15, 0.2) is 22.7 Å². The number of hydrogen-bond acceptors (Lipinski definition) is 2. The Hall–Kier alpha value is -0.540. The van der Waals surface area contributed by atoms with Gasteiger partial charge in [0.15, 0.2) is 0 Å². The quantitative estimate of drug-likeness (QED) is 0.759. The fraction of sp³-hybridized carbons (Fsp3) is 0.400. The molecule has 2 rings (SSSR count). The lowest BCUT2D eigenvalue weighted by molar-refractivity contribution is 0.167. The lowest BCUT2D eigenvalue weighted by Crippen LogP contribution is -1.95. The predicted molar refractivity (Wildman–Crippen MR) is 53.8 cm³/mol. The highest BCUT2D eigenvalue weighted by atomic mass is 79.9. The topological polar surface area (TPSA) is 29.5 Å². The van der Waals surface area contributed by atoms with Crippen LogP contribution < -0.4 is 4.74 Å². The Morgan fingerprint density at radius 1 is 1.46 bits per heavy atom. The first kappa shape index (κ1) is 9.03. The highest BCUT2D eigenvalue weighted by Gasteiger charge is 2.16. The average Bonchev–Trinajstić information content (AvgIpc) is 2.28. The summed E-state index contributed by atoms with van der Waals surface area (Å²) < 4.78 is 6.50. The van der Waals surface area contributed by atoms with Crippen molar-refractivity contribution in [2.45, 2.75) is 18.9 Å². The maximum Gasteiger partial charge on any atom is 0.126 e. The van der Waals surface area contributed by atoms with Crippen molar-refractivity contribution in [1.82, 2.24) is 0 Å². The largest absolute Gasteiger partial charge is 0.493 e. The fourth-order valence-corrected chi connectivity index (χ4v) is 1.86. The molecule has 70 valence electrons. The van der Waals surface area contributed by atoms with E-state index in [0.29, 0.717) is 6.61 Å². The number of hydrogen-bond donors (Lipinski definition) is 1. The van der Waals surface area contributed by atoms with E-state index in [9.17, 15) is 5.11 Å². The molecular formula is C10H11BrO2. The molecule has 0 bridgehead atoms. The molecule has 2 nitrogen and oxygen atoms in total. The van der Waals surface area contributed by atoms with Crippen molar-refractivity contribution in [3.05, 3.63) is 28.2 Å². The van der Waals surface area contributed by atoms with Gasteiger partial charge in [0.2, 0.25) is 0 Å². The Morgan fingerprint density at radius 2 is 2.31 bits per heavy atom. The van der Waals surface area contributed by atoms with Crippen LogP contribution in [0, 0.1) is 0 Å². The first-order chi connectivity index (χ1) is 6.27. The minimum Gasteiger partial charge on any atom is -0.493 e. The molecular weight excluding hydrogens is 232 g/mol. The lowest BCUT2D eigenvalue weighted by Gasteiger charge is -2.10. The summed E-state index contributed by atoms with van der Waals surface area (Å²) in [6.45, 7) is 0.695. The molecule has 0 unspecified atom stereocenters. The second kappa shape index (κ2) is 3.68. The van der Waals surface area contributed by atoms with Crippen LogP contribution in [0.1, 0.15) is 24.5 Å². The molecule has 0 saturated carbocycles. The molecule has 1 aliphatic rings. The van der Waals surface area contributed by atoms with E-state index in [-0.39, 0.29) is 6.10 Å². The maximum absolute atomic E-state index is 9.74. The monoisotopic (exact) mass is 242 g/mol. The van der Waals surface area contributed by atoms with Crippen LogP contribution in [0.4, 0.5) is 0 Å². The minimum atomic E-state index is -0.370. The zero-order valence-electron chi connectivity index (χ0n) is 7.16. The molecule has 1 heterocycles. The minimum absolute atomic E-state index is 0.370. The van der Waals surface area contributed by atoms with Crippen LogP contribution in [0.2, 0.25) is 0 Å². The smallest absolute Gasteiger partial charge is 0.126 e. The van der Waals surface area contributed by atoms with Gasteiger partial charge in [-0.1, -0.05) is 22.0 Å². The molecule has 0 radical (unpaired) electrons. The molecule has 13 heavy (non-hydrogen) atoms. The van der Waals surface area contributed by atoms with Gasteiger partial charge in [0, 0.05) is 10.0 Å². The van der Waals surface area contributed by atoms with Crippen LogP contribution in [0.25, 0.3) is 0 Å². The van der Waals surface area contributed by atoms with Crippen LogP contribution in [-0.4, -0.2) is 11.7 Å². The molecule has 1 aromatic carbocycles. The van der Waals surface area contributed by atoms with E-state index < -0.39 is 0 Å². The SMILES string of the molecule is O[C@H]1CCCOc2cc(Br)ccc21. The molecule has 0 fully saturated rings. The van der Waals surface area contributed by atoms with Crippen molar-refractivity contribution < 1.29 is 9.84 Å². The third-order valence-electron chi connectivity index (χ3n) is 2.21. The molecule has 1 aromatic rings. The molecule has 0 amide bonds. The van der Waals surface area contributed by atoms with Gasteiger partial charge in [0.05, 0.1) is 12.7 Å². The summed E-state index contributed by atoms with van der Waals surface area (Å²) in [4.78, 5) is 0. The van der Waals surface area contributed by atoms with Gasteiger partial charge < -0.3 is 9.84 Å². The summed E-state index contributed by atoms with van der Waals surface area (Å²) in [5, 5.41) is 9.74. The number of fused-ring (bicyclic) bond motifs is 1. The van der Waals surface area contributed by atoms with Crippen LogP contribution in [0.3, 0.4) is 0 Å². The van der Waals surface area contributed by atoms with Crippen molar-refractivity contribution in [1.29, 1.82) is 0 Å². The molecule has 0 aromatic heterocycles. The van der Waals surface area contributed by atoms with Crippen molar-refractivity contribution in [2.75, 3.05) is 6.61 Å². The highest BCUT2D eigenvalue weighted by Crippen LogP contribution is 2.33. The van der Waals surface area contributed by atoms with Crippen molar-refractivity contribution in [3.63, 3.8) is 0 Å². The summed E-state index contributed by atoms with van der Waals surface area (Å²) >= 11 is 3.37. The third kappa shape index (κ3) is 1.86. The molecule has 0 spiro atoms. The highest BCUT2D eigenvalue weighted by molar-refractivity contribution is 9.10. The number of aliphatic hydroxyl groups is 1. The zero-order valence-corrected chi connectivity index (χ0v) is 8.75. The Labute approximate surface area is 85.7 Å². The van der Waals surface area contributed by atoms with Gasteiger partial charge >= 0.3 is 0 Å². The van der Waals surface area contributed by atoms with Gasteiger partial charge in [0.1, 0.15) is 5.75 Å². The Balaban J connectivity index is 2.42. The second-order valence-corrected chi connectivity index (χ2v) is 4.10. The Bertz CT molecular complexity index is 312. The first-order valence-corrected chi connectivity index (χ1v) is 5.17. The van der Waals surface area contributed by atoms with E-state index in [1.165, 1.54) is 0 Å². The van der Waals surface area contributed by atoms with Gasteiger partial charge in [-0.2, -0.15) is 0 Å². The van der Waals surface area contributed by atoms with Crippen molar-refractivity contribution in [3.8, 4) is 5.75 Å². The van der Waals surface area contributed by atoms with Gasteiger partial charge in [0.25, 0.3) is 0 Å². The van der Waals surface area contributed by atoms with E-state index in [0.717, 1.165) is 28.6 Å². The second-order valence-electron chi connectivity index (χ2n) is 3.19. The Kier molecular flexibility index (Phi) is 2.56. The predicted octanol–water partition coefficient (Wildman–Crippen LogP) is 2.66. The summed E-state index contributed by atoms with van der Waals surface area (Å²) in [6, 6.07) is 5.75. The van der Waals surface area contributed by atoms with Gasteiger partial charge in [-0.05, 0) is 25.0 Å². The molecule has 1 atom stereocenters. The molecule has 3 heteroatoms. The van der Waals surface area contributed by atoms with Crippen molar-refractivity contribution in [2.24, 2.45) is 0 Å².